The zero-order valence-electron chi connectivity index (χ0n) is 14.6. The predicted octanol–water partition coefficient (Wildman–Crippen LogP) is 4.00. The fourth-order valence-electron chi connectivity index (χ4n) is 3.31. The van der Waals surface area contributed by atoms with Gasteiger partial charge in [-0.15, -0.1) is 0 Å². The molecule has 1 aliphatic carbocycles. The molecule has 3 atom stereocenters. The summed E-state index contributed by atoms with van der Waals surface area (Å²) in [6.07, 6.45) is 6.72. The molecule has 0 amide bonds. The average molecular weight is 306 g/mol. The highest BCUT2D eigenvalue weighted by molar-refractivity contribution is 5.92. The van der Waals surface area contributed by atoms with Gasteiger partial charge in [-0.3, -0.25) is 9.59 Å². The summed E-state index contributed by atoms with van der Waals surface area (Å²) in [5.74, 6) is 0.112. The molecule has 1 N–H and O–H groups in total. The molecule has 0 aliphatic heterocycles. The van der Waals surface area contributed by atoms with Gasteiger partial charge in [0.15, 0.2) is 0 Å². The Kier molecular flexibility index (Phi) is 6.73. The Hall–Kier alpha value is -1.22. The van der Waals surface area contributed by atoms with Crippen LogP contribution in [-0.4, -0.2) is 22.8 Å². The maximum atomic E-state index is 12.6. The summed E-state index contributed by atoms with van der Waals surface area (Å²) in [5, 5.41) is 10.1. The lowest BCUT2D eigenvalue weighted by Crippen LogP contribution is -2.35. The number of rotatable bonds is 7. The Balaban J connectivity index is 2.70. The standard InChI is InChI=1S/C19H30O3/c1-13(2)8-10-17(21)14(3)9-11-18(22)19(5)12-6-7-16(19)15(4)20/h8-9,16-17,21H,6-7,10-12H2,1-5H3/b14-9+/t16-,17?,19-/m0/s1. The lowest BCUT2D eigenvalue weighted by molar-refractivity contribution is -0.135. The van der Waals surface area contributed by atoms with E-state index in [9.17, 15) is 14.7 Å². The third kappa shape index (κ3) is 4.64. The third-order valence-corrected chi connectivity index (χ3v) is 4.97. The van der Waals surface area contributed by atoms with E-state index in [0.29, 0.717) is 12.8 Å². The first-order valence-electron chi connectivity index (χ1n) is 8.20. The van der Waals surface area contributed by atoms with Crippen molar-refractivity contribution in [2.45, 2.75) is 72.8 Å². The second-order valence-electron chi connectivity index (χ2n) is 7.08. The second kappa shape index (κ2) is 7.87. The number of aliphatic hydroxyl groups excluding tert-OH is 1. The van der Waals surface area contributed by atoms with Crippen LogP contribution in [0.2, 0.25) is 0 Å². The Morgan fingerprint density at radius 3 is 2.41 bits per heavy atom. The maximum Gasteiger partial charge on any atom is 0.143 e. The van der Waals surface area contributed by atoms with E-state index in [2.05, 4.69) is 0 Å². The van der Waals surface area contributed by atoms with E-state index in [-0.39, 0.29) is 17.5 Å². The number of allylic oxidation sites excluding steroid dienone is 2. The first kappa shape index (κ1) is 18.8. The number of hydrogen-bond acceptors (Lipinski definition) is 3. The molecule has 3 nitrogen and oxygen atoms in total. The van der Waals surface area contributed by atoms with Gasteiger partial charge in [0.05, 0.1) is 6.10 Å². The minimum Gasteiger partial charge on any atom is -0.388 e. The largest absolute Gasteiger partial charge is 0.388 e. The molecule has 124 valence electrons. The van der Waals surface area contributed by atoms with Crippen molar-refractivity contribution in [3.8, 4) is 0 Å². The summed E-state index contributed by atoms with van der Waals surface area (Å²) in [7, 11) is 0. The third-order valence-electron chi connectivity index (χ3n) is 4.97. The van der Waals surface area contributed by atoms with Crippen molar-refractivity contribution in [3.63, 3.8) is 0 Å². The molecule has 0 spiro atoms. The number of ketones is 2. The monoisotopic (exact) mass is 306 g/mol. The second-order valence-corrected chi connectivity index (χ2v) is 7.08. The van der Waals surface area contributed by atoms with Gasteiger partial charge in [-0.1, -0.05) is 31.1 Å². The highest BCUT2D eigenvalue weighted by atomic mass is 16.3. The van der Waals surface area contributed by atoms with Crippen LogP contribution in [0, 0.1) is 11.3 Å². The van der Waals surface area contributed by atoms with Gasteiger partial charge in [0.2, 0.25) is 0 Å². The molecule has 0 radical (unpaired) electrons. The minimum atomic E-state index is -0.539. The van der Waals surface area contributed by atoms with E-state index in [1.165, 1.54) is 5.57 Å². The summed E-state index contributed by atoms with van der Waals surface area (Å²) in [5.41, 5.74) is 1.48. The Labute approximate surface area is 134 Å². The number of aliphatic hydroxyl groups is 1. The van der Waals surface area contributed by atoms with Crippen LogP contribution in [-0.2, 0) is 9.59 Å². The van der Waals surface area contributed by atoms with Crippen LogP contribution < -0.4 is 0 Å². The van der Waals surface area contributed by atoms with Gasteiger partial charge < -0.3 is 5.11 Å². The van der Waals surface area contributed by atoms with E-state index in [0.717, 1.165) is 24.8 Å². The zero-order valence-corrected chi connectivity index (χ0v) is 14.6. The molecule has 3 heteroatoms. The highest BCUT2D eigenvalue weighted by Gasteiger charge is 2.45. The highest BCUT2D eigenvalue weighted by Crippen LogP contribution is 2.45. The topological polar surface area (TPSA) is 54.4 Å². The molecule has 0 heterocycles. The van der Waals surface area contributed by atoms with Crippen LogP contribution in [0.1, 0.15) is 66.7 Å². The molecule has 22 heavy (non-hydrogen) atoms. The van der Waals surface area contributed by atoms with Crippen LogP contribution in [0.25, 0.3) is 0 Å². The van der Waals surface area contributed by atoms with Gasteiger partial charge in [-0.2, -0.15) is 0 Å². The van der Waals surface area contributed by atoms with Crippen LogP contribution in [0.15, 0.2) is 23.3 Å². The van der Waals surface area contributed by atoms with Crippen LogP contribution in [0.4, 0.5) is 0 Å². The Bertz CT molecular complexity index is 483. The fourth-order valence-corrected chi connectivity index (χ4v) is 3.31. The van der Waals surface area contributed by atoms with Crippen molar-refractivity contribution in [1.29, 1.82) is 0 Å². The lowest BCUT2D eigenvalue weighted by Gasteiger charge is -2.28. The maximum absolute atomic E-state index is 12.6. The minimum absolute atomic E-state index is 0.123. The van der Waals surface area contributed by atoms with Crippen LogP contribution in [0.3, 0.4) is 0 Å². The van der Waals surface area contributed by atoms with Crippen molar-refractivity contribution < 1.29 is 14.7 Å². The quantitative estimate of drug-likeness (QED) is 0.723. The average Bonchev–Trinajstić information content (AvgIpc) is 2.85. The van der Waals surface area contributed by atoms with Gasteiger partial charge in [0.1, 0.15) is 11.6 Å². The Morgan fingerprint density at radius 1 is 1.23 bits per heavy atom. The first-order valence-corrected chi connectivity index (χ1v) is 8.20. The lowest BCUT2D eigenvalue weighted by atomic mass is 9.73. The van der Waals surface area contributed by atoms with Gasteiger partial charge in [-0.05, 0) is 52.5 Å². The van der Waals surface area contributed by atoms with Crippen molar-refractivity contribution >= 4 is 11.6 Å². The summed E-state index contributed by atoms with van der Waals surface area (Å²) in [6.45, 7) is 9.37. The molecule has 1 fully saturated rings. The molecule has 0 aromatic heterocycles. The van der Waals surface area contributed by atoms with Crippen molar-refractivity contribution in [3.05, 3.63) is 23.3 Å². The van der Waals surface area contributed by atoms with E-state index < -0.39 is 11.5 Å². The fraction of sp³-hybridized carbons (Fsp3) is 0.684. The van der Waals surface area contributed by atoms with E-state index in [1.807, 2.05) is 39.8 Å². The summed E-state index contributed by atoms with van der Waals surface area (Å²) < 4.78 is 0. The smallest absolute Gasteiger partial charge is 0.143 e. The molecular formula is C19H30O3. The molecule has 1 aliphatic rings. The zero-order chi connectivity index (χ0) is 16.9. The molecule has 0 bridgehead atoms. The number of carbonyl (C=O) groups excluding carboxylic acids is 2. The predicted molar refractivity (Wildman–Crippen MR) is 89.6 cm³/mol. The summed E-state index contributed by atoms with van der Waals surface area (Å²) in [6, 6.07) is 0. The van der Waals surface area contributed by atoms with Crippen molar-refractivity contribution in [1.82, 2.24) is 0 Å². The number of hydrogen-bond donors (Lipinski definition) is 1. The Morgan fingerprint density at radius 2 is 1.86 bits per heavy atom. The van der Waals surface area contributed by atoms with E-state index in [4.69, 9.17) is 0 Å². The van der Waals surface area contributed by atoms with Crippen molar-refractivity contribution in [2.24, 2.45) is 11.3 Å². The van der Waals surface area contributed by atoms with Gasteiger partial charge >= 0.3 is 0 Å². The summed E-state index contributed by atoms with van der Waals surface area (Å²) in [4.78, 5) is 24.3. The molecule has 0 aromatic rings. The SMILES string of the molecule is CC(=O)[C@@H]1CCC[C@]1(C)C(=O)C/C=C(\C)C(O)CC=C(C)C. The molecule has 1 unspecified atom stereocenters. The van der Waals surface area contributed by atoms with Gasteiger partial charge in [0.25, 0.3) is 0 Å². The molecule has 1 rings (SSSR count). The first-order chi connectivity index (χ1) is 10.2. The molecule has 1 saturated carbocycles. The normalized spacial score (nSPS) is 26.6. The van der Waals surface area contributed by atoms with E-state index in [1.54, 1.807) is 6.92 Å². The number of carbonyl (C=O) groups is 2. The summed E-state index contributed by atoms with van der Waals surface area (Å²) >= 11 is 0. The molecule has 0 saturated heterocycles. The van der Waals surface area contributed by atoms with Crippen LogP contribution >= 0.6 is 0 Å². The van der Waals surface area contributed by atoms with Crippen LogP contribution in [0.5, 0.6) is 0 Å². The van der Waals surface area contributed by atoms with Gasteiger partial charge in [-0.25, -0.2) is 0 Å². The number of Topliss-reactive ketones (excluding diaryl/α,β-unsaturated/α-hetero) is 2. The van der Waals surface area contributed by atoms with Gasteiger partial charge in [0, 0.05) is 17.8 Å². The molecular weight excluding hydrogens is 276 g/mol. The molecule has 0 aromatic carbocycles. The van der Waals surface area contributed by atoms with Crippen molar-refractivity contribution in [2.75, 3.05) is 0 Å². The van der Waals surface area contributed by atoms with E-state index >= 15 is 0 Å².